The number of carbonyl (C=O) groups excluding carboxylic acids is 4. The number of rotatable bonds is 9. The number of likely N-dealkylation sites (tertiary alicyclic amines) is 1. The van der Waals surface area contributed by atoms with Crippen molar-refractivity contribution < 1.29 is 28.7 Å². The molecule has 0 radical (unpaired) electrons. The van der Waals surface area contributed by atoms with Crippen LogP contribution < -0.4 is 25.4 Å². The molecule has 11 heteroatoms. The molecule has 4 rings (SSSR count). The van der Waals surface area contributed by atoms with Crippen LogP contribution in [-0.2, 0) is 19.2 Å². The van der Waals surface area contributed by atoms with Crippen LogP contribution in [0.25, 0.3) is 6.08 Å². The molecule has 0 aromatic heterocycles. The van der Waals surface area contributed by atoms with E-state index in [0.717, 1.165) is 6.42 Å². The van der Waals surface area contributed by atoms with Gasteiger partial charge in [-0.2, -0.15) is 0 Å². The van der Waals surface area contributed by atoms with Gasteiger partial charge in [-0.25, -0.2) is 0 Å². The number of methoxy groups -OCH3 is 1. The normalized spacial score (nSPS) is 24.8. The van der Waals surface area contributed by atoms with Gasteiger partial charge in [0, 0.05) is 31.3 Å². The Bertz CT molecular complexity index is 1220. The first kappa shape index (κ1) is 32.3. The Labute approximate surface area is 254 Å². The van der Waals surface area contributed by atoms with Gasteiger partial charge in [0.25, 0.3) is 0 Å². The Kier molecular flexibility index (Phi) is 10.7. The molecule has 3 aliphatic heterocycles. The van der Waals surface area contributed by atoms with Crippen LogP contribution in [0.1, 0.15) is 65.4 Å². The molecule has 2 saturated heterocycles. The summed E-state index contributed by atoms with van der Waals surface area (Å²) in [5.41, 5.74) is 0.705. The number of fused-ring (bicyclic) bond motifs is 4. The zero-order valence-electron chi connectivity index (χ0n) is 26.2. The maximum Gasteiger partial charge on any atom is 0.249 e. The monoisotopic (exact) mass is 597 g/mol. The topological polar surface area (TPSA) is 129 Å². The number of amides is 4. The fourth-order valence-electron chi connectivity index (χ4n) is 6.36. The number of nitrogens with zero attached hydrogens (tertiary/aromatic N) is 2. The van der Waals surface area contributed by atoms with Crippen molar-refractivity contribution in [3.8, 4) is 11.5 Å². The van der Waals surface area contributed by atoms with E-state index >= 15 is 0 Å². The smallest absolute Gasteiger partial charge is 0.249 e. The van der Waals surface area contributed by atoms with E-state index in [4.69, 9.17) is 9.47 Å². The Morgan fingerprint density at radius 1 is 1.16 bits per heavy atom. The minimum absolute atomic E-state index is 0.0726. The largest absolute Gasteiger partial charge is 0.496 e. The fourth-order valence-corrected chi connectivity index (χ4v) is 6.36. The van der Waals surface area contributed by atoms with E-state index in [0.29, 0.717) is 55.8 Å². The highest BCUT2D eigenvalue weighted by atomic mass is 16.5. The van der Waals surface area contributed by atoms with Crippen molar-refractivity contribution in [3.05, 3.63) is 30.0 Å². The summed E-state index contributed by atoms with van der Waals surface area (Å²) in [6.07, 6.45) is 5.52. The van der Waals surface area contributed by atoms with Crippen LogP contribution in [0.3, 0.4) is 0 Å². The number of hydrogen-bond acceptors (Lipinski definition) is 7. The van der Waals surface area contributed by atoms with Gasteiger partial charge >= 0.3 is 0 Å². The van der Waals surface area contributed by atoms with Crippen LogP contribution in [0.4, 0.5) is 0 Å². The second-order valence-electron chi connectivity index (χ2n) is 12.2. The van der Waals surface area contributed by atoms with E-state index in [1.54, 1.807) is 54.4 Å². The van der Waals surface area contributed by atoms with Gasteiger partial charge in [0.15, 0.2) is 0 Å². The van der Waals surface area contributed by atoms with E-state index in [-0.39, 0.29) is 35.5 Å². The molecule has 43 heavy (non-hydrogen) atoms. The van der Waals surface area contributed by atoms with E-state index in [9.17, 15) is 19.2 Å². The number of carbonyl (C=O) groups is 4. The molecule has 1 aromatic carbocycles. The lowest BCUT2D eigenvalue weighted by molar-refractivity contribution is -0.150. The predicted octanol–water partition coefficient (Wildman–Crippen LogP) is 2.30. The lowest BCUT2D eigenvalue weighted by atomic mass is 9.96. The minimum atomic E-state index is -0.943. The zero-order chi connectivity index (χ0) is 31.3. The van der Waals surface area contributed by atoms with Crippen LogP contribution in [0.15, 0.2) is 24.4 Å². The summed E-state index contributed by atoms with van der Waals surface area (Å²) in [4.78, 5) is 58.3. The molecule has 3 aliphatic rings. The number of ether oxygens (including phenoxy) is 2. The van der Waals surface area contributed by atoms with Crippen LogP contribution >= 0.6 is 0 Å². The Morgan fingerprint density at radius 2 is 1.93 bits per heavy atom. The van der Waals surface area contributed by atoms with Gasteiger partial charge < -0.3 is 35.2 Å². The molecular formula is C32H47N5O6. The molecule has 11 nitrogen and oxygen atoms in total. The van der Waals surface area contributed by atoms with Gasteiger partial charge in [-0.3, -0.25) is 19.2 Å². The first-order chi connectivity index (χ1) is 20.6. The lowest BCUT2D eigenvalue weighted by Gasteiger charge is -2.35. The van der Waals surface area contributed by atoms with Crippen molar-refractivity contribution >= 4 is 29.7 Å². The summed E-state index contributed by atoms with van der Waals surface area (Å²) in [6, 6.07) is 2.48. The minimum Gasteiger partial charge on any atom is -0.496 e. The Morgan fingerprint density at radius 3 is 2.60 bits per heavy atom. The highest BCUT2D eigenvalue weighted by molar-refractivity contribution is 5.96. The van der Waals surface area contributed by atoms with E-state index in [2.05, 4.69) is 16.0 Å². The molecule has 3 N–H and O–H groups in total. The standard InChI is InChI=1S/C32H47N5O6/c1-7-20(4)27(33-5)30(39)35-23(17-19(2)3)31(40)37-16-13-26-28(37)32(41)36-15-8-9-24(36)29(38)34-14-12-21-18-22(43-26)10-11-25(21)42-6/h10-12,14,18-20,23-24,26-28,33H,7-9,13,15-17H2,1-6H3,(H,34,38)(H,35,39)/b14-12-/t20?,23-,24-,26-,27?,28-/m0/s1. The molecule has 2 unspecified atom stereocenters. The van der Waals surface area contributed by atoms with Crippen LogP contribution in [0, 0.1) is 11.8 Å². The number of nitrogens with one attached hydrogen (secondary N) is 3. The number of benzene rings is 1. The summed E-state index contributed by atoms with van der Waals surface area (Å²) in [5.74, 6) is 0.183. The second-order valence-corrected chi connectivity index (χ2v) is 12.2. The van der Waals surface area contributed by atoms with Crippen molar-refractivity contribution in [2.24, 2.45) is 11.8 Å². The summed E-state index contributed by atoms with van der Waals surface area (Å²) >= 11 is 0. The molecule has 3 heterocycles. The highest BCUT2D eigenvalue weighted by Crippen LogP contribution is 2.32. The molecule has 0 saturated carbocycles. The molecule has 4 amide bonds. The van der Waals surface area contributed by atoms with Crippen LogP contribution in [0.5, 0.6) is 11.5 Å². The Balaban J connectivity index is 1.69. The lowest BCUT2D eigenvalue weighted by Crippen LogP contribution is -2.60. The fraction of sp³-hybridized carbons (Fsp3) is 0.625. The van der Waals surface area contributed by atoms with Gasteiger partial charge in [0.05, 0.1) is 13.2 Å². The molecular weight excluding hydrogens is 550 g/mol. The van der Waals surface area contributed by atoms with E-state index in [1.807, 2.05) is 27.7 Å². The van der Waals surface area contributed by atoms with Gasteiger partial charge in [-0.05, 0) is 62.4 Å². The summed E-state index contributed by atoms with van der Waals surface area (Å²) in [6.45, 7) is 8.72. The third-order valence-corrected chi connectivity index (χ3v) is 8.82. The van der Waals surface area contributed by atoms with Crippen molar-refractivity contribution in [3.63, 3.8) is 0 Å². The number of hydrogen-bond donors (Lipinski definition) is 3. The molecule has 0 aliphatic carbocycles. The average molecular weight is 598 g/mol. The molecule has 0 spiro atoms. The molecule has 236 valence electrons. The van der Waals surface area contributed by atoms with Crippen molar-refractivity contribution in [2.45, 2.75) is 90.1 Å². The van der Waals surface area contributed by atoms with Gasteiger partial charge in [0.2, 0.25) is 23.6 Å². The zero-order valence-corrected chi connectivity index (χ0v) is 26.2. The van der Waals surface area contributed by atoms with Gasteiger partial charge in [-0.15, -0.1) is 0 Å². The van der Waals surface area contributed by atoms with E-state index < -0.39 is 30.3 Å². The summed E-state index contributed by atoms with van der Waals surface area (Å²) in [7, 11) is 3.31. The Hall–Kier alpha value is -3.60. The molecule has 1 aromatic rings. The molecule has 6 atom stereocenters. The number of likely N-dealkylation sites (N-methyl/N-ethyl adjacent to an activating group) is 1. The van der Waals surface area contributed by atoms with Crippen molar-refractivity contribution in [1.29, 1.82) is 0 Å². The van der Waals surface area contributed by atoms with Crippen molar-refractivity contribution in [2.75, 3.05) is 27.2 Å². The van der Waals surface area contributed by atoms with Crippen LogP contribution in [0.2, 0.25) is 0 Å². The summed E-state index contributed by atoms with van der Waals surface area (Å²) < 4.78 is 11.9. The maximum absolute atomic E-state index is 14.3. The third kappa shape index (κ3) is 7.14. The van der Waals surface area contributed by atoms with Crippen LogP contribution in [-0.4, -0.2) is 90.9 Å². The molecule has 2 fully saturated rings. The first-order valence-electron chi connectivity index (χ1n) is 15.5. The predicted molar refractivity (Wildman–Crippen MR) is 163 cm³/mol. The second kappa shape index (κ2) is 14.2. The maximum atomic E-state index is 14.3. The molecule has 2 bridgehead atoms. The van der Waals surface area contributed by atoms with E-state index in [1.165, 1.54) is 0 Å². The quantitative estimate of drug-likeness (QED) is 0.399. The van der Waals surface area contributed by atoms with Crippen molar-refractivity contribution in [1.82, 2.24) is 25.8 Å². The average Bonchev–Trinajstić information content (AvgIpc) is 3.64. The highest BCUT2D eigenvalue weighted by Gasteiger charge is 2.49. The summed E-state index contributed by atoms with van der Waals surface area (Å²) in [5, 5.41) is 8.91. The van der Waals surface area contributed by atoms with Gasteiger partial charge in [0.1, 0.15) is 35.7 Å². The first-order valence-corrected chi connectivity index (χ1v) is 15.5. The van der Waals surface area contributed by atoms with Gasteiger partial charge in [-0.1, -0.05) is 34.1 Å². The SMILES string of the molecule is CCC(C)C(NC)C(=O)N[C@@H](CC(C)C)C(=O)N1CC[C@@H]2Oc3ccc(OC)c(c3)/C=C\NC(=O)[C@@H]3CCCN3C(=O)[C@H]21. The third-order valence-electron chi connectivity index (χ3n) is 8.82.